The van der Waals surface area contributed by atoms with Crippen LogP contribution in [0.1, 0.15) is 5.69 Å². The average Bonchev–Trinajstić information content (AvgIpc) is 3.38. The van der Waals surface area contributed by atoms with Gasteiger partial charge in [0.15, 0.2) is 11.7 Å². The number of thiazole rings is 1. The van der Waals surface area contributed by atoms with Crippen molar-refractivity contribution in [2.75, 3.05) is 23.3 Å². The summed E-state index contributed by atoms with van der Waals surface area (Å²) in [5, 5.41) is 6.26. The first-order valence-corrected chi connectivity index (χ1v) is 11.7. The lowest BCUT2D eigenvalue weighted by Gasteiger charge is -2.18. The van der Waals surface area contributed by atoms with E-state index in [0.717, 1.165) is 11.3 Å². The molecule has 0 aliphatic rings. The molecule has 0 fully saturated rings. The Kier molecular flexibility index (Phi) is 6.70. The van der Waals surface area contributed by atoms with Gasteiger partial charge in [-0.15, -0.1) is 22.7 Å². The molecule has 2 heterocycles. The van der Waals surface area contributed by atoms with Gasteiger partial charge in [0.1, 0.15) is 9.96 Å². The smallest absolute Gasteiger partial charge is 0.273 e. The van der Waals surface area contributed by atoms with Gasteiger partial charge in [-0.1, -0.05) is 6.07 Å². The molecule has 12 heteroatoms. The molecule has 158 valence electrons. The Morgan fingerprint density at radius 1 is 1.20 bits per heavy atom. The molecule has 3 N–H and O–H groups in total. The van der Waals surface area contributed by atoms with Crippen molar-refractivity contribution in [1.29, 1.82) is 0 Å². The van der Waals surface area contributed by atoms with Gasteiger partial charge in [-0.2, -0.15) is 0 Å². The van der Waals surface area contributed by atoms with E-state index in [9.17, 15) is 18.0 Å². The van der Waals surface area contributed by atoms with Crippen LogP contribution >= 0.6 is 22.7 Å². The van der Waals surface area contributed by atoms with Crippen molar-refractivity contribution >= 4 is 55.3 Å². The molecule has 9 nitrogen and oxygen atoms in total. The van der Waals surface area contributed by atoms with Crippen molar-refractivity contribution in [2.45, 2.75) is 10.6 Å². The van der Waals surface area contributed by atoms with Crippen LogP contribution in [0.5, 0.6) is 5.75 Å². The van der Waals surface area contributed by atoms with Crippen molar-refractivity contribution < 1.29 is 22.7 Å². The van der Waals surface area contributed by atoms with E-state index in [1.54, 1.807) is 47.2 Å². The summed E-state index contributed by atoms with van der Waals surface area (Å²) in [5.74, 6) is -0.514. The highest BCUT2D eigenvalue weighted by atomic mass is 32.2. The molecule has 0 radical (unpaired) electrons. The fraction of sp³-hybridized carbons (Fsp3) is 0.167. The summed E-state index contributed by atoms with van der Waals surface area (Å²) in [5.41, 5.74) is 6.06. The van der Waals surface area contributed by atoms with Crippen LogP contribution in [-0.4, -0.2) is 38.9 Å². The summed E-state index contributed by atoms with van der Waals surface area (Å²) in [4.78, 5) is 27.0. The molecule has 3 rings (SSSR count). The van der Waals surface area contributed by atoms with Crippen molar-refractivity contribution in [3.63, 3.8) is 0 Å². The predicted molar refractivity (Wildman–Crippen MR) is 115 cm³/mol. The lowest BCUT2D eigenvalue weighted by Crippen LogP contribution is -2.25. The topological polar surface area (TPSA) is 132 Å². The number of nitrogens with two attached hydrogens (primary N) is 1. The van der Waals surface area contributed by atoms with Crippen LogP contribution in [0.25, 0.3) is 0 Å². The largest absolute Gasteiger partial charge is 0.484 e. The van der Waals surface area contributed by atoms with Gasteiger partial charge in [-0.25, -0.2) is 13.4 Å². The maximum Gasteiger partial charge on any atom is 0.273 e. The van der Waals surface area contributed by atoms with Crippen LogP contribution in [0.2, 0.25) is 0 Å². The van der Waals surface area contributed by atoms with Crippen LogP contribution in [0.3, 0.4) is 0 Å². The number of hydrogen-bond acceptors (Lipinski definition) is 8. The molecule has 2 amide bonds. The van der Waals surface area contributed by atoms with E-state index in [-0.39, 0.29) is 17.2 Å². The number of rotatable bonds is 9. The van der Waals surface area contributed by atoms with Crippen LogP contribution in [0.15, 0.2) is 51.4 Å². The number of thiophene rings is 1. The molecule has 0 saturated carbocycles. The van der Waals surface area contributed by atoms with Crippen molar-refractivity contribution in [2.24, 2.45) is 5.73 Å². The van der Waals surface area contributed by atoms with Gasteiger partial charge in [0, 0.05) is 12.4 Å². The SMILES string of the molecule is CN(c1ccc(OCC(=O)Nc2nc(CC(N)=O)cs2)cc1)S(=O)(=O)c1cccs1. The molecule has 0 aliphatic heterocycles. The second-order valence-corrected chi connectivity index (χ2v) is 10.0. The van der Waals surface area contributed by atoms with Crippen molar-refractivity contribution in [3.05, 3.63) is 52.9 Å². The number of anilines is 2. The Labute approximate surface area is 181 Å². The number of aromatic nitrogens is 1. The van der Waals surface area contributed by atoms with Gasteiger partial charge in [0.25, 0.3) is 15.9 Å². The predicted octanol–water partition coefficient (Wildman–Crippen LogP) is 2.07. The Balaban J connectivity index is 1.55. The molecule has 0 spiro atoms. The summed E-state index contributed by atoms with van der Waals surface area (Å²) in [6, 6.07) is 9.57. The summed E-state index contributed by atoms with van der Waals surface area (Å²) in [7, 11) is -2.14. The van der Waals surface area contributed by atoms with Gasteiger partial charge in [0.2, 0.25) is 5.91 Å². The van der Waals surface area contributed by atoms with E-state index >= 15 is 0 Å². The summed E-state index contributed by atoms with van der Waals surface area (Å²) in [6.07, 6.45) is 0.00582. The van der Waals surface area contributed by atoms with Gasteiger partial charge in [-0.05, 0) is 35.7 Å². The quantitative estimate of drug-likeness (QED) is 0.496. The highest BCUT2D eigenvalue weighted by molar-refractivity contribution is 7.94. The standard InChI is InChI=1S/C18H18N4O5S3/c1-22(30(25,26)17-3-2-8-28-17)13-4-6-14(7-5-13)27-10-16(24)21-18-20-12(11-29-18)9-15(19)23/h2-8,11H,9-10H2,1H3,(H2,19,23)(H,20,21,24). The van der Waals surface area contributed by atoms with E-state index in [0.29, 0.717) is 22.3 Å². The van der Waals surface area contributed by atoms with Gasteiger partial charge in [0.05, 0.1) is 17.8 Å². The Hall–Kier alpha value is -2.96. The fourth-order valence-electron chi connectivity index (χ4n) is 2.36. The van der Waals surface area contributed by atoms with E-state index in [4.69, 9.17) is 10.5 Å². The number of benzene rings is 1. The zero-order valence-electron chi connectivity index (χ0n) is 15.8. The first-order chi connectivity index (χ1) is 14.3. The van der Waals surface area contributed by atoms with E-state index in [1.807, 2.05) is 0 Å². The minimum Gasteiger partial charge on any atom is -0.484 e. The van der Waals surface area contributed by atoms with Crippen LogP contribution in [0.4, 0.5) is 10.8 Å². The molecule has 0 saturated heterocycles. The van der Waals surface area contributed by atoms with Crippen molar-refractivity contribution in [1.82, 2.24) is 4.98 Å². The zero-order valence-corrected chi connectivity index (χ0v) is 18.2. The normalized spacial score (nSPS) is 11.1. The molecular weight excluding hydrogens is 448 g/mol. The lowest BCUT2D eigenvalue weighted by atomic mass is 10.3. The molecular formula is C18H18N4O5S3. The molecule has 0 unspecified atom stereocenters. The number of sulfonamides is 1. The molecule has 3 aromatic rings. The molecule has 0 bridgehead atoms. The monoisotopic (exact) mass is 466 g/mol. The number of ether oxygens (including phenoxy) is 1. The van der Waals surface area contributed by atoms with Gasteiger partial charge >= 0.3 is 0 Å². The molecule has 30 heavy (non-hydrogen) atoms. The number of hydrogen-bond donors (Lipinski definition) is 2. The van der Waals surface area contributed by atoms with Crippen LogP contribution < -0.4 is 20.1 Å². The average molecular weight is 467 g/mol. The lowest BCUT2D eigenvalue weighted by molar-refractivity contribution is -0.118. The number of nitrogens with zero attached hydrogens (tertiary/aromatic N) is 2. The third-order valence-corrected chi connectivity index (χ3v) is 7.80. The number of carbonyl (C=O) groups excluding carboxylic acids is 2. The Morgan fingerprint density at radius 2 is 1.93 bits per heavy atom. The summed E-state index contributed by atoms with van der Waals surface area (Å²) in [6.45, 7) is -0.257. The first kappa shape index (κ1) is 21.7. The second-order valence-electron chi connectivity index (χ2n) is 6.02. The molecule has 0 atom stereocenters. The van der Waals surface area contributed by atoms with Crippen LogP contribution in [-0.2, 0) is 26.0 Å². The second kappa shape index (κ2) is 9.24. The minimum atomic E-state index is -3.62. The number of primary amides is 1. The first-order valence-electron chi connectivity index (χ1n) is 8.53. The zero-order chi connectivity index (χ0) is 21.7. The molecule has 2 aromatic heterocycles. The summed E-state index contributed by atoms with van der Waals surface area (Å²) >= 11 is 2.33. The molecule has 0 aliphatic carbocycles. The minimum absolute atomic E-state index is 0.00582. The number of amides is 2. The maximum absolute atomic E-state index is 12.5. The third kappa shape index (κ3) is 5.34. The highest BCUT2D eigenvalue weighted by Gasteiger charge is 2.22. The number of nitrogens with one attached hydrogen (secondary N) is 1. The Bertz CT molecular complexity index is 1130. The maximum atomic E-state index is 12.5. The van der Waals surface area contributed by atoms with Crippen LogP contribution in [0, 0.1) is 0 Å². The Morgan fingerprint density at radius 3 is 2.57 bits per heavy atom. The molecule has 1 aromatic carbocycles. The van der Waals surface area contributed by atoms with Gasteiger partial charge < -0.3 is 10.5 Å². The van der Waals surface area contributed by atoms with Gasteiger partial charge in [-0.3, -0.25) is 19.2 Å². The highest BCUT2D eigenvalue weighted by Crippen LogP contribution is 2.26. The van der Waals surface area contributed by atoms with E-state index < -0.39 is 21.8 Å². The van der Waals surface area contributed by atoms with E-state index in [1.165, 1.54) is 22.7 Å². The van der Waals surface area contributed by atoms with E-state index in [2.05, 4.69) is 10.3 Å². The third-order valence-electron chi connectivity index (χ3n) is 3.83. The fourth-order valence-corrected chi connectivity index (χ4v) is 5.45. The van der Waals surface area contributed by atoms with Crippen molar-refractivity contribution in [3.8, 4) is 5.75 Å². The number of carbonyl (C=O) groups is 2. The summed E-state index contributed by atoms with van der Waals surface area (Å²) < 4.78 is 32.0.